The monoisotopic (exact) mass is 372 g/mol. The van der Waals surface area contributed by atoms with E-state index in [2.05, 4.69) is 5.32 Å². The molecule has 1 N–H and O–H groups in total. The van der Waals surface area contributed by atoms with Crippen LogP contribution in [0.3, 0.4) is 0 Å². The van der Waals surface area contributed by atoms with Crippen molar-refractivity contribution in [1.29, 1.82) is 0 Å². The first-order valence-electron chi connectivity index (χ1n) is 7.83. The number of halogens is 1. The van der Waals surface area contributed by atoms with Crippen molar-refractivity contribution >= 4 is 34.1 Å². The minimum absolute atomic E-state index is 0.0353. The maximum atomic E-state index is 12.5. The number of pyridine rings is 1. The minimum Gasteiger partial charge on any atom is -0.495 e. The molecule has 0 unspecified atom stereocenters. The largest absolute Gasteiger partial charge is 0.495 e. The van der Waals surface area contributed by atoms with Gasteiger partial charge in [-0.15, -0.1) is 0 Å². The van der Waals surface area contributed by atoms with Gasteiger partial charge < -0.3 is 19.4 Å². The van der Waals surface area contributed by atoms with Crippen LogP contribution in [-0.2, 0) is 11.3 Å². The minimum atomic E-state index is -0.279. The zero-order valence-electron chi connectivity index (χ0n) is 14.3. The number of nitrogens with one attached hydrogen (secondary N) is 1. The fourth-order valence-corrected chi connectivity index (χ4v) is 2.94. The number of carbonyl (C=O) groups excluding carboxylic acids is 1. The fourth-order valence-electron chi connectivity index (χ4n) is 2.70. The highest BCUT2D eigenvalue weighted by Gasteiger charge is 2.13. The summed E-state index contributed by atoms with van der Waals surface area (Å²) in [6.07, 6.45) is 1.60. The van der Waals surface area contributed by atoms with Gasteiger partial charge in [0.1, 0.15) is 18.0 Å². The summed E-state index contributed by atoms with van der Waals surface area (Å²) in [5.41, 5.74) is 1.05. The lowest BCUT2D eigenvalue weighted by Crippen LogP contribution is -2.20. The predicted octanol–water partition coefficient (Wildman–Crippen LogP) is 3.31. The summed E-state index contributed by atoms with van der Waals surface area (Å²) < 4.78 is 12.1. The standard InChI is InChI=1S/C19H17ClN2O4/c1-25-17-10-18(26-2)14(9-13(17)20)21-19(24)11-22-8-7-16(23)12-5-3-4-6-15(12)22/h3-10H,11H2,1-2H3,(H,21,24). The van der Waals surface area contributed by atoms with Gasteiger partial charge in [0, 0.05) is 23.7 Å². The fraction of sp³-hybridized carbons (Fsp3) is 0.158. The van der Waals surface area contributed by atoms with E-state index in [1.807, 2.05) is 6.07 Å². The Bertz CT molecular complexity index is 1030. The number of para-hydroxylation sites is 1. The molecule has 3 aromatic rings. The second kappa shape index (κ2) is 7.49. The van der Waals surface area contributed by atoms with Crippen LogP contribution in [0.1, 0.15) is 0 Å². The van der Waals surface area contributed by atoms with Gasteiger partial charge in [-0.3, -0.25) is 9.59 Å². The molecule has 7 heteroatoms. The third kappa shape index (κ3) is 3.50. The second-order valence-corrected chi connectivity index (χ2v) is 5.97. The lowest BCUT2D eigenvalue weighted by atomic mass is 10.2. The van der Waals surface area contributed by atoms with Crippen molar-refractivity contribution < 1.29 is 14.3 Å². The van der Waals surface area contributed by atoms with Crippen LogP contribution in [0.2, 0.25) is 5.02 Å². The molecule has 0 saturated heterocycles. The van der Waals surface area contributed by atoms with Gasteiger partial charge in [0.2, 0.25) is 5.91 Å². The SMILES string of the molecule is COc1cc(OC)c(NC(=O)Cn2ccc(=O)c3ccccc32)cc1Cl. The Balaban J connectivity index is 1.88. The molecule has 1 amide bonds. The maximum Gasteiger partial charge on any atom is 0.244 e. The molecule has 1 aromatic heterocycles. The number of anilines is 1. The first-order chi connectivity index (χ1) is 12.5. The van der Waals surface area contributed by atoms with E-state index in [-0.39, 0.29) is 17.9 Å². The van der Waals surface area contributed by atoms with E-state index in [0.717, 1.165) is 0 Å². The first kappa shape index (κ1) is 17.8. The Morgan fingerprint density at radius 2 is 1.85 bits per heavy atom. The summed E-state index contributed by atoms with van der Waals surface area (Å²) in [4.78, 5) is 24.4. The number of benzene rings is 2. The summed E-state index contributed by atoms with van der Waals surface area (Å²) in [5.74, 6) is 0.607. The Morgan fingerprint density at radius 3 is 2.58 bits per heavy atom. The number of ether oxygens (including phenoxy) is 2. The normalized spacial score (nSPS) is 10.6. The number of amides is 1. The number of fused-ring (bicyclic) bond motifs is 1. The molecular weight excluding hydrogens is 356 g/mol. The van der Waals surface area contributed by atoms with Crippen LogP contribution in [-0.4, -0.2) is 24.7 Å². The Kier molecular flexibility index (Phi) is 5.14. The highest BCUT2D eigenvalue weighted by atomic mass is 35.5. The van der Waals surface area contributed by atoms with Crippen LogP contribution < -0.4 is 20.2 Å². The molecule has 0 saturated carbocycles. The van der Waals surface area contributed by atoms with E-state index >= 15 is 0 Å². The molecule has 0 bridgehead atoms. The summed E-state index contributed by atoms with van der Waals surface area (Å²) in [7, 11) is 2.99. The summed E-state index contributed by atoms with van der Waals surface area (Å²) >= 11 is 6.13. The molecule has 0 fully saturated rings. The first-order valence-corrected chi connectivity index (χ1v) is 8.21. The summed E-state index contributed by atoms with van der Waals surface area (Å²) in [6, 6.07) is 11.8. The molecule has 1 heterocycles. The van der Waals surface area contributed by atoms with Gasteiger partial charge in [-0.25, -0.2) is 0 Å². The molecule has 0 spiro atoms. The van der Waals surface area contributed by atoms with Crippen molar-refractivity contribution in [3.63, 3.8) is 0 Å². The van der Waals surface area contributed by atoms with E-state index in [1.165, 1.54) is 20.3 Å². The zero-order chi connectivity index (χ0) is 18.7. The third-order valence-electron chi connectivity index (χ3n) is 3.95. The van der Waals surface area contributed by atoms with Crippen LogP contribution in [0.4, 0.5) is 5.69 Å². The third-order valence-corrected chi connectivity index (χ3v) is 4.24. The zero-order valence-corrected chi connectivity index (χ0v) is 15.0. The molecule has 26 heavy (non-hydrogen) atoms. The molecule has 0 atom stereocenters. The summed E-state index contributed by atoms with van der Waals surface area (Å²) in [5, 5.41) is 3.70. The number of carbonyl (C=O) groups is 1. The van der Waals surface area contributed by atoms with Gasteiger partial charge in [-0.1, -0.05) is 23.7 Å². The maximum absolute atomic E-state index is 12.5. The highest BCUT2D eigenvalue weighted by Crippen LogP contribution is 2.35. The molecule has 0 aliphatic heterocycles. The lowest BCUT2D eigenvalue weighted by Gasteiger charge is -2.14. The van der Waals surface area contributed by atoms with Gasteiger partial charge in [0.05, 0.1) is 30.4 Å². The number of hydrogen-bond acceptors (Lipinski definition) is 4. The molecule has 0 radical (unpaired) electrons. The number of aromatic nitrogens is 1. The number of hydrogen-bond donors (Lipinski definition) is 1. The molecular formula is C19H17ClN2O4. The van der Waals surface area contributed by atoms with E-state index in [1.54, 1.807) is 41.1 Å². The summed E-state index contributed by atoms with van der Waals surface area (Å²) in [6.45, 7) is 0.0353. The van der Waals surface area contributed by atoms with Crippen LogP contribution in [0.5, 0.6) is 11.5 Å². The smallest absolute Gasteiger partial charge is 0.244 e. The number of methoxy groups -OCH3 is 2. The van der Waals surface area contributed by atoms with Crippen LogP contribution in [0.25, 0.3) is 10.9 Å². The van der Waals surface area contributed by atoms with Gasteiger partial charge in [0.15, 0.2) is 5.43 Å². The van der Waals surface area contributed by atoms with Crippen molar-refractivity contribution in [2.75, 3.05) is 19.5 Å². The molecule has 134 valence electrons. The van der Waals surface area contributed by atoms with Gasteiger partial charge in [0.25, 0.3) is 0 Å². The van der Waals surface area contributed by atoms with Crippen molar-refractivity contribution in [2.24, 2.45) is 0 Å². The van der Waals surface area contributed by atoms with E-state index in [9.17, 15) is 9.59 Å². The Hall–Kier alpha value is -2.99. The predicted molar refractivity (Wildman–Crippen MR) is 101 cm³/mol. The average molecular weight is 373 g/mol. The molecule has 6 nitrogen and oxygen atoms in total. The van der Waals surface area contributed by atoms with Gasteiger partial charge in [-0.2, -0.15) is 0 Å². The highest BCUT2D eigenvalue weighted by molar-refractivity contribution is 6.32. The quantitative estimate of drug-likeness (QED) is 0.746. The molecule has 3 rings (SSSR count). The molecule has 2 aromatic carbocycles. The molecule has 0 aliphatic carbocycles. The van der Waals surface area contributed by atoms with Crippen molar-refractivity contribution in [3.8, 4) is 11.5 Å². The van der Waals surface area contributed by atoms with Crippen molar-refractivity contribution in [1.82, 2.24) is 4.57 Å². The lowest BCUT2D eigenvalue weighted by molar-refractivity contribution is -0.116. The van der Waals surface area contributed by atoms with E-state index in [0.29, 0.717) is 33.1 Å². The van der Waals surface area contributed by atoms with Crippen molar-refractivity contribution in [3.05, 3.63) is 63.9 Å². The van der Waals surface area contributed by atoms with Crippen molar-refractivity contribution in [2.45, 2.75) is 6.54 Å². The Morgan fingerprint density at radius 1 is 1.12 bits per heavy atom. The van der Waals surface area contributed by atoms with Crippen LogP contribution >= 0.6 is 11.6 Å². The topological polar surface area (TPSA) is 69.6 Å². The van der Waals surface area contributed by atoms with Crippen LogP contribution in [0, 0.1) is 0 Å². The second-order valence-electron chi connectivity index (χ2n) is 5.56. The van der Waals surface area contributed by atoms with Crippen LogP contribution in [0.15, 0.2) is 53.5 Å². The Labute approximate surface area is 154 Å². The number of nitrogens with zero attached hydrogens (tertiary/aromatic N) is 1. The number of rotatable bonds is 5. The molecule has 0 aliphatic rings. The van der Waals surface area contributed by atoms with E-state index in [4.69, 9.17) is 21.1 Å². The van der Waals surface area contributed by atoms with E-state index < -0.39 is 0 Å². The van der Waals surface area contributed by atoms with Gasteiger partial charge in [-0.05, 0) is 18.2 Å². The average Bonchev–Trinajstić information content (AvgIpc) is 2.64. The van der Waals surface area contributed by atoms with Gasteiger partial charge >= 0.3 is 0 Å².